The minimum absolute atomic E-state index is 0.0648. The van der Waals surface area contributed by atoms with Gasteiger partial charge in [-0.15, -0.1) is 0 Å². The molecule has 0 saturated carbocycles. The van der Waals surface area contributed by atoms with Crippen LogP contribution < -0.4 is 0 Å². The maximum atomic E-state index is 13.9. The molecule has 6 rings (SSSR count). The number of ether oxygens (including phenoxy) is 1. The molecule has 0 unspecified atom stereocenters. The summed E-state index contributed by atoms with van der Waals surface area (Å²) in [7, 11) is 0. The first-order valence-electron chi connectivity index (χ1n) is 12.1. The standard InChI is InChI=1S/C29H23FN4O3/c1-16-22-15-26-23(14-25(22)33-32-16)27(21-8-3-18(29(35)36)13-24(21)31-2)28(17-9-11-37-12-10-17)34(26)20-6-4-19(30)5-7-20/h3-8,13-15,17H,9-12H2,1H3,(H,32,33)(H,35,36). The fourth-order valence-electron chi connectivity index (χ4n) is 5.42. The molecular formula is C29H23FN4O3. The van der Waals surface area contributed by atoms with E-state index in [1.54, 1.807) is 24.3 Å². The zero-order chi connectivity index (χ0) is 25.7. The van der Waals surface area contributed by atoms with Crippen LogP contribution in [-0.2, 0) is 4.74 Å². The average Bonchev–Trinajstić information content (AvgIpc) is 3.45. The summed E-state index contributed by atoms with van der Waals surface area (Å²) in [4.78, 5) is 15.4. The van der Waals surface area contributed by atoms with Gasteiger partial charge in [-0.3, -0.25) is 5.10 Å². The van der Waals surface area contributed by atoms with Crippen LogP contribution in [0.1, 0.15) is 40.5 Å². The SMILES string of the molecule is [C-]#[N+]c1cc(C(=O)O)ccc1-c1c(C2CCOCC2)n(-c2ccc(F)cc2)c2cc3c(C)[nH]nc3cc12. The third-order valence-electron chi connectivity index (χ3n) is 7.20. The monoisotopic (exact) mass is 494 g/mol. The molecule has 2 aromatic heterocycles. The van der Waals surface area contributed by atoms with Gasteiger partial charge in [0.2, 0.25) is 0 Å². The fourth-order valence-corrected chi connectivity index (χ4v) is 5.42. The Morgan fingerprint density at radius 1 is 1.14 bits per heavy atom. The molecule has 3 heterocycles. The number of hydrogen-bond acceptors (Lipinski definition) is 3. The van der Waals surface area contributed by atoms with Crippen LogP contribution in [0.15, 0.2) is 54.6 Å². The molecule has 0 atom stereocenters. The number of aromatic carboxylic acids is 1. The second-order valence-corrected chi connectivity index (χ2v) is 9.34. The van der Waals surface area contributed by atoms with Gasteiger partial charge in [-0.1, -0.05) is 6.07 Å². The van der Waals surface area contributed by atoms with Crippen molar-refractivity contribution in [2.75, 3.05) is 13.2 Å². The number of nitrogens with zero attached hydrogens (tertiary/aromatic N) is 3. The first-order chi connectivity index (χ1) is 18.0. The van der Waals surface area contributed by atoms with Crippen molar-refractivity contribution in [1.82, 2.24) is 14.8 Å². The summed E-state index contributed by atoms with van der Waals surface area (Å²) < 4.78 is 21.8. The second-order valence-electron chi connectivity index (χ2n) is 9.34. The molecule has 1 aliphatic rings. The Morgan fingerprint density at radius 2 is 1.89 bits per heavy atom. The maximum Gasteiger partial charge on any atom is 0.334 e. The van der Waals surface area contributed by atoms with Crippen molar-refractivity contribution >= 4 is 33.5 Å². The molecule has 0 amide bonds. The van der Waals surface area contributed by atoms with Crippen LogP contribution in [0, 0.1) is 19.3 Å². The summed E-state index contributed by atoms with van der Waals surface area (Å²) in [5.74, 6) is -1.28. The van der Waals surface area contributed by atoms with Gasteiger partial charge in [0.15, 0.2) is 5.69 Å². The number of aryl methyl sites for hydroxylation is 1. The van der Waals surface area contributed by atoms with Gasteiger partial charge in [0.1, 0.15) is 5.82 Å². The number of rotatable bonds is 4. The highest BCUT2D eigenvalue weighted by Crippen LogP contribution is 2.47. The zero-order valence-electron chi connectivity index (χ0n) is 20.1. The van der Waals surface area contributed by atoms with Crippen LogP contribution in [0.5, 0.6) is 0 Å². The number of fused-ring (bicyclic) bond motifs is 2. The Bertz CT molecular complexity index is 1720. The van der Waals surface area contributed by atoms with Crippen molar-refractivity contribution in [3.05, 3.63) is 88.8 Å². The Balaban J connectivity index is 1.77. The number of carboxylic acid groups (broad SMARTS) is 1. The fraction of sp³-hybridized carbons (Fsp3) is 0.207. The van der Waals surface area contributed by atoms with Crippen molar-refractivity contribution in [2.24, 2.45) is 0 Å². The lowest BCUT2D eigenvalue weighted by Gasteiger charge is -2.26. The molecule has 3 aromatic carbocycles. The summed E-state index contributed by atoms with van der Waals surface area (Å²) in [5.41, 5.74) is 6.34. The van der Waals surface area contributed by atoms with Gasteiger partial charge in [0.25, 0.3) is 0 Å². The first kappa shape index (κ1) is 23.0. The van der Waals surface area contributed by atoms with Crippen LogP contribution >= 0.6 is 0 Å². The lowest BCUT2D eigenvalue weighted by molar-refractivity contribution is 0.0697. The maximum absolute atomic E-state index is 13.9. The number of H-pyrrole nitrogens is 1. The lowest BCUT2D eigenvalue weighted by Crippen LogP contribution is -2.17. The molecule has 8 heteroatoms. The Morgan fingerprint density at radius 3 is 2.59 bits per heavy atom. The van der Waals surface area contributed by atoms with E-state index in [0.717, 1.165) is 57.3 Å². The van der Waals surface area contributed by atoms with E-state index >= 15 is 0 Å². The van der Waals surface area contributed by atoms with Crippen LogP contribution in [0.4, 0.5) is 10.1 Å². The van der Waals surface area contributed by atoms with Gasteiger partial charge in [0, 0.05) is 58.1 Å². The minimum Gasteiger partial charge on any atom is -0.478 e. The third kappa shape index (κ3) is 3.76. The van der Waals surface area contributed by atoms with E-state index in [-0.39, 0.29) is 23.0 Å². The van der Waals surface area contributed by atoms with Crippen molar-refractivity contribution in [3.8, 4) is 16.8 Å². The molecule has 0 spiro atoms. The zero-order valence-corrected chi connectivity index (χ0v) is 20.1. The molecule has 0 radical (unpaired) electrons. The minimum atomic E-state index is -1.08. The van der Waals surface area contributed by atoms with E-state index in [4.69, 9.17) is 11.3 Å². The summed E-state index contributed by atoms with van der Waals surface area (Å²) >= 11 is 0. The highest BCUT2D eigenvalue weighted by Gasteiger charge is 2.29. The number of carboxylic acids is 1. The van der Waals surface area contributed by atoms with Gasteiger partial charge in [0.05, 0.1) is 17.6 Å². The normalized spacial score (nSPS) is 14.3. The quantitative estimate of drug-likeness (QED) is 0.270. The number of carbonyl (C=O) groups is 1. The van der Waals surface area contributed by atoms with Crippen molar-refractivity contribution in [2.45, 2.75) is 25.7 Å². The molecule has 7 nitrogen and oxygen atoms in total. The van der Waals surface area contributed by atoms with E-state index < -0.39 is 5.97 Å². The van der Waals surface area contributed by atoms with Gasteiger partial charge < -0.3 is 14.4 Å². The number of halogens is 1. The molecule has 37 heavy (non-hydrogen) atoms. The highest BCUT2D eigenvalue weighted by atomic mass is 19.1. The van der Waals surface area contributed by atoms with Crippen molar-refractivity contribution in [1.29, 1.82) is 0 Å². The Hall–Kier alpha value is -4.48. The molecule has 2 N–H and O–H groups in total. The number of nitrogens with one attached hydrogen (secondary N) is 1. The number of benzene rings is 3. The number of hydrogen-bond donors (Lipinski definition) is 2. The lowest BCUT2D eigenvalue weighted by atomic mass is 9.89. The first-order valence-corrected chi connectivity index (χ1v) is 12.1. The smallest absolute Gasteiger partial charge is 0.334 e. The predicted octanol–water partition coefficient (Wildman–Crippen LogP) is 6.76. The second kappa shape index (κ2) is 8.87. The Kier molecular flexibility index (Phi) is 5.50. The summed E-state index contributed by atoms with van der Waals surface area (Å²) in [5, 5.41) is 18.9. The van der Waals surface area contributed by atoms with Crippen molar-refractivity contribution < 1.29 is 19.0 Å². The highest BCUT2D eigenvalue weighted by molar-refractivity contribution is 6.08. The summed E-state index contributed by atoms with van der Waals surface area (Å²) in [6, 6.07) is 15.2. The molecule has 1 aliphatic heterocycles. The van der Waals surface area contributed by atoms with E-state index in [9.17, 15) is 14.3 Å². The third-order valence-corrected chi connectivity index (χ3v) is 7.20. The van der Waals surface area contributed by atoms with Gasteiger partial charge >= 0.3 is 5.97 Å². The summed E-state index contributed by atoms with van der Waals surface area (Å²) in [6.07, 6.45) is 1.59. The molecule has 5 aromatic rings. The molecule has 184 valence electrons. The van der Waals surface area contributed by atoms with E-state index in [1.807, 2.05) is 13.0 Å². The van der Waals surface area contributed by atoms with Crippen LogP contribution in [0.3, 0.4) is 0 Å². The van der Waals surface area contributed by atoms with E-state index in [2.05, 4.69) is 25.7 Å². The van der Waals surface area contributed by atoms with E-state index in [1.165, 1.54) is 18.2 Å². The van der Waals surface area contributed by atoms with Gasteiger partial charge in [-0.2, -0.15) is 5.10 Å². The largest absolute Gasteiger partial charge is 0.478 e. The molecule has 1 fully saturated rings. The number of aromatic nitrogens is 3. The average molecular weight is 495 g/mol. The van der Waals surface area contributed by atoms with Crippen LogP contribution in [0.25, 0.3) is 43.5 Å². The topological polar surface area (TPSA) is 84.5 Å². The van der Waals surface area contributed by atoms with Crippen molar-refractivity contribution in [3.63, 3.8) is 0 Å². The van der Waals surface area contributed by atoms with Crippen LogP contribution in [-0.4, -0.2) is 39.1 Å². The molecule has 0 bridgehead atoms. The van der Waals surface area contributed by atoms with E-state index in [0.29, 0.717) is 18.8 Å². The Labute approximate surface area is 211 Å². The predicted molar refractivity (Wildman–Crippen MR) is 139 cm³/mol. The molecule has 0 aliphatic carbocycles. The van der Waals surface area contributed by atoms with Gasteiger partial charge in [-0.25, -0.2) is 14.0 Å². The van der Waals surface area contributed by atoms with Crippen LogP contribution in [0.2, 0.25) is 0 Å². The molecule has 1 saturated heterocycles. The van der Waals surface area contributed by atoms with Gasteiger partial charge in [-0.05, 0) is 73.9 Å². The summed E-state index contributed by atoms with van der Waals surface area (Å²) in [6.45, 7) is 11.1. The number of aromatic amines is 1. The molecular weight excluding hydrogens is 471 g/mol.